The highest BCUT2D eigenvalue weighted by Crippen LogP contribution is 2.39. The van der Waals surface area contributed by atoms with E-state index in [1.165, 1.54) is 6.42 Å². The summed E-state index contributed by atoms with van der Waals surface area (Å²) in [6.07, 6.45) is 0.704. The van der Waals surface area contributed by atoms with Crippen LogP contribution < -0.4 is 0 Å². The maximum absolute atomic E-state index is 12.3. The molecule has 0 aromatic carbocycles. The summed E-state index contributed by atoms with van der Waals surface area (Å²) < 4.78 is 10.5. The number of unbranched alkanes of at least 4 members (excludes halogenated alkanes) is 2. The molecule has 1 aliphatic heterocycles. The van der Waals surface area contributed by atoms with Crippen molar-refractivity contribution in [3.05, 3.63) is 0 Å². The number of carbonyl (C=O) groups excluding carboxylic acids is 2. The standard InChI is InChI=1S/C22H40O8S4/c23-13-17(24)21(27)22(28)18(14-29-19(25)7-3-1-5-15(32)9-11-31)30-20(26)8-4-2-6-16-10-12-33-34-16/h15-18,21-24,27-28,31-32H,1-14H2/t15?,16?,17-,18-,21-,22-/m1/s1. The van der Waals surface area contributed by atoms with E-state index >= 15 is 0 Å². The van der Waals surface area contributed by atoms with Crippen LogP contribution in [0, 0.1) is 0 Å². The Hall–Kier alpha value is 0.180. The Balaban J connectivity index is 2.46. The summed E-state index contributed by atoms with van der Waals surface area (Å²) in [6, 6.07) is 0. The largest absolute Gasteiger partial charge is 0.462 e. The molecule has 0 aromatic rings. The van der Waals surface area contributed by atoms with Crippen LogP contribution in [0.25, 0.3) is 0 Å². The van der Waals surface area contributed by atoms with Gasteiger partial charge >= 0.3 is 11.9 Å². The maximum atomic E-state index is 12.3. The van der Waals surface area contributed by atoms with Crippen molar-refractivity contribution in [2.45, 2.75) is 99.1 Å². The minimum Gasteiger partial charge on any atom is -0.462 e. The lowest BCUT2D eigenvalue weighted by molar-refractivity contribution is -0.178. The van der Waals surface area contributed by atoms with Gasteiger partial charge < -0.3 is 29.9 Å². The highest BCUT2D eigenvalue weighted by molar-refractivity contribution is 8.77. The molecule has 0 bridgehead atoms. The van der Waals surface area contributed by atoms with Crippen LogP contribution in [0.5, 0.6) is 0 Å². The van der Waals surface area contributed by atoms with Gasteiger partial charge in [0, 0.05) is 29.1 Å². The quantitative estimate of drug-likeness (QED) is 0.0605. The molecule has 1 fully saturated rings. The number of carbonyl (C=O) groups is 2. The molecule has 1 rings (SSSR count). The zero-order chi connectivity index (χ0) is 25.3. The molecule has 1 aliphatic rings. The zero-order valence-corrected chi connectivity index (χ0v) is 22.9. The summed E-state index contributed by atoms with van der Waals surface area (Å²) in [6.45, 7) is -1.23. The summed E-state index contributed by atoms with van der Waals surface area (Å²) in [4.78, 5) is 24.4. The highest BCUT2D eigenvalue weighted by Gasteiger charge is 2.34. The van der Waals surface area contributed by atoms with E-state index < -0.39 is 49.6 Å². The van der Waals surface area contributed by atoms with E-state index in [1.807, 2.05) is 21.6 Å². The van der Waals surface area contributed by atoms with Gasteiger partial charge in [-0.15, -0.1) is 0 Å². The SMILES string of the molecule is O=C(CCCCC(S)CCS)OC[C@@H](OC(=O)CCCCC1CCSS1)[C@@H](O)[C@H](O)[C@H](O)CO. The van der Waals surface area contributed by atoms with E-state index in [2.05, 4.69) is 25.3 Å². The molecule has 2 unspecified atom stereocenters. The first kappa shape index (κ1) is 32.2. The fraction of sp³-hybridized carbons (Fsp3) is 0.909. The van der Waals surface area contributed by atoms with Crippen LogP contribution >= 0.6 is 46.8 Å². The number of hydrogen-bond acceptors (Lipinski definition) is 12. The van der Waals surface area contributed by atoms with Crippen LogP contribution in [-0.4, -0.2) is 92.0 Å². The first-order valence-corrected chi connectivity index (χ1v) is 15.4. The average molecular weight is 561 g/mol. The molecule has 0 saturated carbocycles. The second-order valence-corrected chi connectivity index (χ2v) is 12.4. The Morgan fingerprint density at radius 2 is 1.71 bits per heavy atom. The van der Waals surface area contributed by atoms with Gasteiger partial charge in [0.1, 0.15) is 24.9 Å². The van der Waals surface area contributed by atoms with Crippen molar-refractivity contribution in [2.75, 3.05) is 24.7 Å². The molecule has 0 aliphatic carbocycles. The summed E-state index contributed by atoms with van der Waals surface area (Å²) in [5.41, 5.74) is 0. The molecule has 0 radical (unpaired) electrons. The molecule has 1 saturated heterocycles. The molecule has 0 spiro atoms. The number of hydrogen-bond donors (Lipinski definition) is 6. The van der Waals surface area contributed by atoms with Crippen molar-refractivity contribution >= 4 is 58.8 Å². The number of aliphatic hydroxyl groups excluding tert-OH is 4. The lowest BCUT2D eigenvalue weighted by Gasteiger charge is -2.28. The van der Waals surface area contributed by atoms with E-state index in [0.29, 0.717) is 18.1 Å². The molecule has 0 aromatic heterocycles. The second kappa shape index (κ2) is 19.3. The number of ether oxygens (including phenoxy) is 2. The normalized spacial score (nSPS) is 20.4. The van der Waals surface area contributed by atoms with E-state index in [4.69, 9.17) is 14.6 Å². The molecule has 8 nitrogen and oxygen atoms in total. The number of rotatable bonds is 19. The molecule has 34 heavy (non-hydrogen) atoms. The third kappa shape index (κ3) is 14.1. The molecule has 200 valence electrons. The lowest BCUT2D eigenvalue weighted by atomic mass is 10.0. The third-order valence-electron chi connectivity index (χ3n) is 5.52. The Labute approximate surface area is 221 Å². The number of esters is 2. The maximum Gasteiger partial charge on any atom is 0.306 e. The van der Waals surface area contributed by atoms with Gasteiger partial charge in [0.25, 0.3) is 0 Å². The summed E-state index contributed by atoms with van der Waals surface area (Å²) >= 11 is 8.62. The van der Waals surface area contributed by atoms with Crippen molar-refractivity contribution in [1.29, 1.82) is 0 Å². The first-order chi connectivity index (χ1) is 16.3. The second-order valence-electron chi connectivity index (χ2n) is 8.43. The average Bonchev–Trinajstić information content (AvgIpc) is 3.34. The van der Waals surface area contributed by atoms with Crippen molar-refractivity contribution in [1.82, 2.24) is 0 Å². The van der Waals surface area contributed by atoms with Gasteiger partial charge in [-0.1, -0.05) is 34.4 Å². The minimum atomic E-state index is -1.77. The van der Waals surface area contributed by atoms with Gasteiger partial charge in [0.15, 0.2) is 6.10 Å². The smallest absolute Gasteiger partial charge is 0.306 e. The summed E-state index contributed by atoms with van der Waals surface area (Å²) in [5, 5.41) is 39.9. The first-order valence-electron chi connectivity index (χ1n) is 11.9. The third-order valence-corrected chi connectivity index (χ3v) is 9.30. The monoisotopic (exact) mass is 560 g/mol. The van der Waals surface area contributed by atoms with Crippen molar-refractivity contribution in [3.8, 4) is 0 Å². The Kier molecular flexibility index (Phi) is 18.3. The van der Waals surface area contributed by atoms with Crippen LogP contribution in [0.1, 0.15) is 64.2 Å². The van der Waals surface area contributed by atoms with Gasteiger partial charge in [-0.3, -0.25) is 9.59 Å². The Morgan fingerprint density at radius 1 is 1.00 bits per heavy atom. The topological polar surface area (TPSA) is 134 Å². The summed E-state index contributed by atoms with van der Waals surface area (Å²) in [7, 11) is 3.75. The van der Waals surface area contributed by atoms with Crippen molar-refractivity contribution in [2.24, 2.45) is 0 Å². The van der Waals surface area contributed by atoms with Crippen molar-refractivity contribution in [3.63, 3.8) is 0 Å². The molecular formula is C22H40O8S4. The van der Waals surface area contributed by atoms with Gasteiger partial charge in [-0.05, 0) is 44.3 Å². The van der Waals surface area contributed by atoms with Crippen LogP contribution in [0.4, 0.5) is 0 Å². The van der Waals surface area contributed by atoms with Gasteiger partial charge in [-0.25, -0.2) is 0 Å². The minimum absolute atomic E-state index is 0.136. The van der Waals surface area contributed by atoms with E-state index in [-0.39, 0.29) is 18.1 Å². The molecule has 6 atom stereocenters. The predicted molar refractivity (Wildman–Crippen MR) is 143 cm³/mol. The number of thiol groups is 2. The van der Waals surface area contributed by atoms with Crippen LogP contribution in [0.2, 0.25) is 0 Å². The fourth-order valence-corrected chi connectivity index (χ4v) is 7.24. The fourth-order valence-electron chi connectivity index (χ4n) is 3.38. The molecule has 4 N–H and O–H groups in total. The highest BCUT2D eigenvalue weighted by atomic mass is 33.1. The molecule has 12 heteroatoms. The van der Waals surface area contributed by atoms with Crippen molar-refractivity contribution < 1.29 is 39.5 Å². The molecule has 0 amide bonds. The Bertz CT molecular complexity index is 565. The number of aliphatic hydroxyl groups is 4. The van der Waals surface area contributed by atoms with Gasteiger partial charge in [-0.2, -0.15) is 25.3 Å². The van der Waals surface area contributed by atoms with Crippen LogP contribution in [0.3, 0.4) is 0 Å². The van der Waals surface area contributed by atoms with Crippen LogP contribution in [-0.2, 0) is 19.1 Å². The van der Waals surface area contributed by atoms with Gasteiger partial charge in [0.2, 0.25) is 0 Å². The van der Waals surface area contributed by atoms with E-state index in [0.717, 1.165) is 43.6 Å². The lowest BCUT2D eigenvalue weighted by Crippen LogP contribution is -2.49. The molecular weight excluding hydrogens is 521 g/mol. The van der Waals surface area contributed by atoms with Crippen LogP contribution in [0.15, 0.2) is 0 Å². The predicted octanol–water partition coefficient (Wildman–Crippen LogP) is 2.41. The Morgan fingerprint density at radius 3 is 2.35 bits per heavy atom. The van der Waals surface area contributed by atoms with E-state index in [1.54, 1.807) is 0 Å². The van der Waals surface area contributed by atoms with Gasteiger partial charge in [0.05, 0.1) is 6.61 Å². The summed E-state index contributed by atoms with van der Waals surface area (Å²) in [5.74, 6) is 0.822. The van der Waals surface area contributed by atoms with E-state index in [9.17, 15) is 24.9 Å². The zero-order valence-electron chi connectivity index (χ0n) is 19.5. The molecule has 1 heterocycles.